The van der Waals surface area contributed by atoms with E-state index in [4.69, 9.17) is 5.11 Å². The number of carbonyl (C=O) groups is 1. The van der Waals surface area contributed by atoms with Gasteiger partial charge < -0.3 is 5.11 Å². The van der Waals surface area contributed by atoms with Crippen LogP contribution in [0.4, 0.5) is 5.13 Å². The highest BCUT2D eigenvalue weighted by molar-refractivity contribution is 7.90. The first kappa shape index (κ1) is 11.9. The van der Waals surface area contributed by atoms with E-state index in [-0.39, 0.29) is 10.8 Å². The molecule has 15 heavy (non-hydrogen) atoms. The van der Waals surface area contributed by atoms with Gasteiger partial charge in [0.1, 0.15) is 0 Å². The zero-order valence-electron chi connectivity index (χ0n) is 7.96. The molecule has 0 unspecified atom stereocenters. The van der Waals surface area contributed by atoms with E-state index in [9.17, 15) is 13.2 Å². The van der Waals surface area contributed by atoms with Crippen LogP contribution in [0.2, 0.25) is 0 Å². The van der Waals surface area contributed by atoms with Gasteiger partial charge in [-0.1, -0.05) is 0 Å². The zero-order chi connectivity index (χ0) is 11.6. The van der Waals surface area contributed by atoms with Gasteiger partial charge >= 0.3 is 16.2 Å². The molecule has 0 radical (unpaired) electrons. The molecular formula is C6H9N3O4S2. The summed E-state index contributed by atoms with van der Waals surface area (Å²) in [7, 11) is -0.915. The van der Waals surface area contributed by atoms with Gasteiger partial charge in [0, 0.05) is 19.5 Å². The first-order chi connectivity index (χ1) is 6.83. The largest absolute Gasteiger partial charge is 0.476 e. The number of carboxylic acid groups (broad SMARTS) is 1. The van der Waals surface area contributed by atoms with Crippen LogP contribution in [0.1, 0.15) is 10.5 Å². The van der Waals surface area contributed by atoms with Crippen molar-refractivity contribution in [1.29, 1.82) is 0 Å². The van der Waals surface area contributed by atoms with Crippen molar-refractivity contribution < 1.29 is 18.3 Å². The minimum atomic E-state index is -3.63. The average molecular weight is 251 g/mol. The first-order valence-electron chi connectivity index (χ1n) is 3.72. The number of rotatable bonds is 4. The van der Waals surface area contributed by atoms with Crippen LogP contribution < -0.4 is 4.72 Å². The number of nitrogens with zero attached hydrogens (tertiary/aromatic N) is 2. The lowest BCUT2D eigenvalue weighted by atomic mass is 10.5. The van der Waals surface area contributed by atoms with E-state index in [0.29, 0.717) is 0 Å². The number of hydrogen-bond donors (Lipinski definition) is 2. The number of nitrogens with one attached hydrogen (secondary N) is 1. The van der Waals surface area contributed by atoms with Crippen LogP contribution in [0.5, 0.6) is 0 Å². The smallest absolute Gasteiger partial charge is 0.355 e. The standard InChI is InChI=1S/C6H9N3O4S2/c1-9(2)15(12,13)8-6-7-4(3-14-6)5(10)11/h3H,1-2H3,(H,7,8)(H,10,11). The molecule has 0 aliphatic rings. The van der Waals surface area contributed by atoms with E-state index >= 15 is 0 Å². The second-order valence-corrected chi connectivity index (χ2v) is 5.48. The van der Waals surface area contributed by atoms with E-state index in [1.807, 2.05) is 0 Å². The average Bonchev–Trinajstić information content (AvgIpc) is 2.51. The summed E-state index contributed by atoms with van der Waals surface area (Å²) in [5.74, 6) is -1.19. The molecule has 84 valence electrons. The lowest BCUT2D eigenvalue weighted by Crippen LogP contribution is -2.28. The molecule has 0 fully saturated rings. The molecule has 9 heteroatoms. The van der Waals surface area contributed by atoms with Crippen molar-refractivity contribution in [2.75, 3.05) is 18.8 Å². The minimum Gasteiger partial charge on any atom is -0.476 e. The summed E-state index contributed by atoms with van der Waals surface area (Å²) in [6, 6.07) is 0. The topological polar surface area (TPSA) is 99.6 Å². The number of thiazole rings is 1. The lowest BCUT2D eigenvalue weighted by molar-refractivity contribution is 0.0691. The quantitative estimate of drug-likeness (QED) is 0.788. The molecule has 0 amide bonds. The van der Waals surface area contributed by atoms with Crippen LogP contribution >= 0.6 is 11.3 Å². The molecule has 7 nitrogen and oxygen atoms in total. The number of anilines is 1. The molecule has 0 bridgehead atoms. The van der Waals surface area contributed by atoms with Crippen molar-refractivity contribution in [3.63, 3.8) is 0 Å². The maximum Gasteiger partial charge on any atom is 0.355 e. The summed E-state index contributed by atoms with van der Waals surface area (Å²) in [4.78, 5) is 14.0. The van der Waals surface area contributed by atoms with Crippen LogP contribution in [-0.2, 0) is 10.2 Å². The lowest BCUT2D eigenvalue weighted by Gasteiger charge is -2.10. The van der Waals surface area contributed by atoms with E-state index < -0.39 is 16.2 Å². The molecule has 0 aromatic carbocycles. The van der Waals surface area contributed by atoms with Crippen molar-refractivity contribution >= 4 is 32.6 Å². The van der Waals surface area contributed by atoms with Gasteiger partial charge in [-0.3, -0.25) is 0 Å². The molecule has 1 aromatic rings. The molecule has 1 aromatic heterocycles. The molecule has 0 spiro atoms. The van der Waals surface area contributed by atoms with Gasteiger partial charge in [0.15, 0.2) is 10.8 Å². The fourth-order valence-corrected chi connectivity index (χ4v) is 2.11. The third kappa shape index (κ3) is 2.88. The number of aromatic nitrogens is 1. The predicted octanol–water partition coefficient (Wildman–Crippen LogP) is 0.0596. The molecule has 0 aliphatic carbocycles. The van der Waals surface area contributed by atoms with Gasteiger partial charge in [-0.25, -0.2) is 14.5 Å². The Labute approximate surface area is 90.5 Å². The molecule has 0 saturated carbocycles. The Balaban J connectivity index is 2.87. The Morgan fingerprint density at radius 1 is 1.60 bits per heavy atom. The van der Waals surface area contributed by atoms with Crippen molar-refractivity contribution in [3.8, 4) is 0 Å². The summed E-state index contributed by atoms with van der Waals surface area (Å²) in [5.41, 5.74) is -0.184. The highest BCUT2D eigenvalue weighted by Gasteiger charge is 2.16. The number of carboxylic acids is 1. The molecule has 2 N–H and O–H groups in total. The van der Waals surface area contributed by atoms with Gasteiger partial charge in [0.25, 0.3) is 0 Å². The fraction of sp³-hybridized carbons (Fsp3) is 0.333. The third-order valence-electron chi connectivity index (χ3n) is 1.42. The van der Waals surface area contributed by atoms with Crippen LogP contribution in [-0.4, -0.2) is 42.9 Å². The van der Waals surface area contributed by atoms with Crippen molar-refractivity contribution in [3.05, 3.63) is 11.1 Å². The van der Waals surface area contributed by atoms with Gasteiger partial charge in [-0.05, 0) is 0 Å². The Morgan fingerprint density at radius 2 is 2.20 bits per heavy atom. The molecule has 1 heterocycles. The Hall–Kier alpha value is -1.19. The molecule has 0 aliphatic heterocycles. The second kappa shape index (κ2) is 4.13. The van der Waals surface area contributed by atoms with Crippen LogP contribution in [0.15, 0.2) is 5.38 Å². The monoisotopic (exact) mass is 251 g/mol. The van der Waals surface area contributed by atoms with Gasteiger partial charge in [-0.2, -0.15) is 12.7 Å². The number of aromatic carboxylic acids is 1. The predicted molar refractivity (Wildman–Crippen MR) is 55.3 cm³/mol. The van der Waals surface area contributed by atoms with E-state index in [1.165, 1.54) is 19.5 Å². The maximum absolute atomic E-state index is 11.3. The van der Waals surface area contributed by atoms with Crippen molar-refractivity contribution in [1.82, 2.24) is 9.29 Å². The highest BCUT2D eigenvalue weighted by Crippen LogP contribution is 2.17. The van der Waals surface area contributed by atoms with Crippen LogP contribution in [0.25, 0.3) is 0 Å². The summed E-state index contributed by atoms with van der Waals surface area (Å²) in [6.45, 7) is 0. The Bertz CT molecular complexity index is 464. The van der Waals surface area contributed by atoms with Gasteiger partial charge in [-0.15, -0.1) is 11.3 Å². The van der Waals surface area contributed by atoms with Gasteiger partial charge in [0.2, 0.25) is 0 Å². The SMILES string of the molecule is CN(C)S(=O)(=O)Nc1nc(C(=O)O)cs1. The van der Waals surface area contributed by atoms with Crippen molar-refractivity contribution in [2.24, 2.45) is 0 Å². The second-order valence-electron chi connectivity index (χ2n) is 2.73. The van der Waals surface area contributed by atoms with E-state index in [1.54, 1.807) is 0 Å². The summed E-state index contributed by atoms with van der Waals surface area (Å²) in [5, 5.41) is 9.85. The normalized spacial score (nSPS) is 11.7. The van der Waals surface area contributed by atoms with E-state index in [0.717, 1.165) is 15.6 Å². The van der Waals surface area contributed by atoms with E-state index in [2.05, 4.69) is 9.71 Å². The van der Waals surface area contributed by atoms with Gasteiger partial charge in [0.05, 0.1) is 0 Å². The van der Waals surface area contributed by atoms with Crippen LogP contribution in [0.3, 0.4) is 0 Å². The Kier molecular flexibility index (Phi) is 3.27. The summed E-state index contributed by atoms with van der Waals surface area (Å²) in [6.07, 6.45) is 0. The number of hydrogen-bond acceptors (Lipinski definition) is 5. The maximum atomic E-state index is 11.3. The summed E-state index contributed by atoms with van der Waals surface area (Å²) < 4.78 is 25.7. The highest BCUT2D eigenvalue weighted by atomic mass is 32.2. The van der Waals surface area contributed by atoms with Crippen molar-refractivity contribution in [2.45, 2.75) is 0 Å². The minimum absolute atomic E-state index is 0.0288. The molecule has 0 atom stereocenters. The van der Waals surface area contributed by atoms with Crippen LogP contribution in [0, 0.1) is 0 Å². The molecule has 1 rings (SSSR count). The summed E-state index contributed by atoms with van der Waals surface area (Å²) >= 11 is 0.913. The molecule has 0 saturated heterocycles. The fourth-order valence-electron chi connectivity index (χ4n) is 0.620. The molecular weight excluding hydrogens is 242 g/mol. The zero-order valence-corrected chi connectivity index (χ0v) is 9.59. The third-order valence-corrected chi connectivity index (χ3v) is 3.72. The Morgan fingerprint density at radius 3 is 2.60 bits per heavy atom. The first-order valence-corrected chi connectivity index (χ1v) is 6.04.